The third-order valence-electron chi connectivity index (χ3n) is 7.10. The lowest BCUT2D eigenvalue weighted by molar-refractivity contribution is -0.159. The van der Waals surface area contributed by atoms with E-state index in [1.165, 1.54) is 6.92 Å². The number of esters is 1. The molecule has 31 heavy (non-hydrogen) atoms. The number of cyclic esters (lactones) is 1. The third-order valence-corrected chi connectivity index (χ3v) is 7.75. The number of hydrogen-bond donors (Lipinski definition) is 0. The summed E-state index contributed by atoms with van der Waals surface area (Å²) in [4.78, 5) is 38.2. The first-order valence-electron chi connectivity index (χ1n) is 11.0. The van der Waals surface area contributed by atoms with Crippen molar-refractivity contribution in [3.63, 3.8) is 0 Å². The lowest BCUT2D eigenvalue weighted by atomic mass is 9.73. The van der Waals surface area contributed by atoms with Crippen LogP contribution in [-0.4, -0.2) is 47.6 Å². The number of rotatable bonds is 3. The molecule has 0 aliphatic carbocycles. The van der Waals surface area contributed by atoms with Gasteiger partial charge in [-0.25, -0.2) is 0 Å². The summed E-state index contributed by atoms with van der Waals surface area (Å²) in [6.45, 7) is 10.9. The summed E-state index contributed by atoms with van der Waals surface area (Å²) in [5.74, 6) is -1.05. The maximum Gasteiger partial charge on any atom is 0.309 e. The van der Waals surface area contributed by atoms with Gasteiger partial charge in [0.2, 0.25) is 0 Å². The van der Waals surface area contributed by atoms with E-state index >= 15 is 0 Å². The van der Waals surface area contributed by atoms with Gasteiger partial charge in [0.05, 0.1) is 35.7 Å². The summed E-state index contributed by atoms with van der Waals surface area (Å²) in [6, 6.07) is 0. The van der Waals surface area contributed by atoms with E-state index < -0.39 is 23.6 Å². The van der Waals surface area contributed by atoms with Crippen LogP contribution in [0.4, 0.5) is 0 Å². The minimum absolute atomic E-state index is 0.0418. The van der Waals surface area contributed by atoms with Crippen molar-refractivity contribution in [1.29, 1.82) is 0 Å². The molecule has 9 heteroatoms. The molecule has 178 valence electrons. The molecular formula is C22H38O7P2. The van der Waals surface area contributed by atoms with Gasteiger partial charge in [0.15, 0.2) is 11.9 Å². The fraction of sp³-hybridized carbons (Fsp3) is 0.864. The van der Waals surface area contributed by atoms with Crippen molar-refractivity contribution < 1.29 is 32.9 Å². The zero-order chi connectivity index (χ0) is 23.6. The van der Waals surface area contributed by atoms with Crippen LogP contribution in [0.3, 0.4) is 0 Å². The molecule has 2 aliphatic heterocycles. The van der Waals surface area contributed by atoms with Crippen LogP contribution < -0.4 is 0 Å². The smallest absolute Gasteiger partial charge is 0.309 e. The van der Waals surface area contributed by atoms with E-state index in [-0.39, 0.29) is 47.6 Å². The van der Waals surface area contributed by atoms with Crippen LogP contribution in [0.25, 0.3) is 0 Å². The van der Waals surface area contributed by atoms with E-state index in [2.05, 4.69) is 25.9 Å². The molecule has 0 amide bonds. The molecular weight excluding hydrogens is 438 g/mol. The first-order chi connectivity index (χ1) is 14.4. The van der Waals surface area contributed by atoms with E-state index in [1.807, 2.05) is 13.8 Å². The molecule has 2 aliphatic rings. The minimum Gasteiger partial charge on any atom is -0.454 e. The lowest BCUT2D eigenvalue weighted by Gasteiger charge is -2.37. The number of carbonyl (C=O) groups excluding carboxylic acids is 3. The van der Waals surface area contributed by atoms with Gasteiger partial charge in [0.25, 0.3) is 0 Å². The van der Waals surface area contributed by atoms with Crippen molar-refractivity contribution in [2.45, 2.75) is 104 Å². The first-order valence-corrected chi connectivity index (χ1v) is 11.9. The predicted molar refractivity (Wildman–Crippen MR) is 123 cm³/mol. The summed E-state index contributed by atoms with van der Waals surface area (Å²) in [7, 11) is 4.45. The summed E-state index contributed by atoms with van der Waals surface area (Å²) in [5, 5.41) is 0. The monoisotopic (exact) mass is 476 g/mol. The number of hydrogen-bond acceptors (Lipinski definition) is 7. The summed E-state index contributed by atoms with van der Waals surface area (Å²) >= 11 is 0. The van der Waals surface area contributed by atoms with Crippen LogP contribution in [0.15, 0.2) is 0 Å². The highest BCUT2D eigenvalue weighted by atomic mass is 31.0. The Morgan fingerprint density at radius 2 is 1.77 bits per heavy atom. The van der Waals surface area contributed by atoms with Crippen molar-refractivity contribution in [1.82, 2.24) is 0 Å². The minimum atomic E-state index is -0.956. The number of carbonyl (C=O) groups is 3. The zero-order valence-corrected chi connectivity index (χ0v) is 21.8. The highest BCUT2D eigenvalue weighted by Crippen LogP contribution is 2.44. The Labute approximate surface area is 190 Å². The second-order valence-corrected chi connectivity index (χ2v) is 10.5. The summed E-state index contributed by atoms with van der Waals surface area (Å²) in [5.41, 5.74) is -1.27. The second-order valence-electron chi connectivity index (χ2n) is 9.92. The van der Waals surface area contributed by atoms with Gasteiger partial charge < -0.3 is 18.5 Å². The Kier molecular flexibility index (Phi) is 9.21. The largest absolute Gasteiger partial charge is 0.454 e. The van der Waals surface area contributed by atoms with Crippen molar-refractivity contribution in [2.75, 3.05) is 0 Å². The molecule has 0 saturated carbocycles. The molecule has 2 heterocycles. The van der Waals surface area contributed by atoms with E-state index in [4.69, 9.17) is 18.5 Å². The topological polar surface area (TPSA) is 91.4 Å². The van der Waals surface area contributed by atoms with Gasteiger partial charge in [0, 0.05) is 31.3 Å². The SMILES string of the molecule is CC(=O)C1CC2OC2(C)CCCC(C)C(OP)C(C)C(=O)C(C)(C)C(OP)CC(=O)O1. The van der Waals surface area contributed by atoms with Crippen LogP contribution in [0.1, 0.15) is 73.6 Å². The quantitative estimate of drug-likeness (QED) is 0.347. The fourth-order valence-electron chi connectivity index (χ4n) is 4.71. The average Bonchev–Trinajstić information content (AvgIpc) is 3.33. The fourth-order valence-corrected chi connectivity index (χ4v) is 5.65. The number of ether oxygens (including phenoxy) is 2. The standard InChI is InChI=1S/C22H38O7P2/c1-12-8-7-9-22(6)17(27-22)10-15(14(3)23)26-18(24)11-16(28-30)21(4,5)20(25)13(2)19(12)29-31/h12-13,15-17,19H,7-11,30-31H2,1-6H3. The summed E-state index contributed by atoms with van der Waals surface area (Å²) < 4.78 is 22.5. The van der Waals surface area contributed by atoms with Gasteiger partial charge >= 0.3 is 5.97 Å². The van der Waals surface area contributed by atoms with Gasteiger partial charge in [0.1, 0.15) is 5.78 Å². The van der Waals surface area contributed by atoms with Crippen molar-refractivity contribution in [3.05, 3.63) is 0 Å². The Balaban J connectivity index is 2.31. The Morgan fingerprint density at radius 3 is 2.32 bits per heavy atom. The highest BCUT2D eigenvalue weighted by Gasteiger charge is 2.53. The second kappa shape index (κ2) is 10.7. The zero-order valence-electron chi connectivity index (χ0n) is 19.5. The van der Waals surface area contributed by atoms with E-state index in [9.17, 15) is 14.4 Å². The number of Topliss-reactive ketones (excluding diaryl/α,β-unsaturated/α-hetero) is 2. The van der Waals surface area contributed by atoms with Crippen LogP contribution in [0, 0.1) is 17.3 Å². The number of epoxide rings is 1. The Bertz CT molecular complexity index is 683. The normalized spacial score (nSPS) is 40.0. The molecule has 7 nitrogen and oxygen atoms in total. The molecule has 0 bridgehead atoms. The maximum atomic E-state index is 13.4. The summed E-state index contributed by atoms with van der Waals surface area (Å²) in [6.07, 6.45) is 0.875. The van der Waals surface area contributed by atoms with E-state index in [0.717, 1.165) is 19.3 Å². The highest BCUT2D eigenvalue weighted by molar-refractivity contribution is 7.10. The van der Waals surface area contributed by atoms with Crippen LogP contribution in [0.2, 0.25) is 0 Å². The molecule has 0 aromatic heterocycles. The molecule has 9 atom stereocenters. The van der Waals surface area contributed by atoms with Crippen LogP contribution >= 0.6 is 18.9 Å². The molecule has 0 aromatic carbocycles. The predicted octanol–water partition coefficient (Wildman–Crippen LogP) is 3.83. The molecule has 2 rings (SSSR count). The third kappa shape index (κ3) is 6.32. The molecule has 0 aromatic rings. The molecule has 0 spiro atoms. The van der Waals surface area contributed by atoms with Crippen molar-refractivity contribution >= 4 is 36.5 Å². The van der Waals surface area contributed by atoms with Crippen LogP contribution in [0.5, 0.6) is 0 Å². The Hall–Kier alpha value is -0.450. The molecule has 9 unspecified atom stereocenters. The van der Waals surface area contributed by atoms with Gasteiger partial charge in [-0.1, -0.05) is 34.1 Å². The number of ketones is 2. The molecule has 2 saturated heterocycles. The first kappa shape index (κ1) is 26.8. The molecule has 0 N–H and O–H groups in total. The van der Waals surface area contributed by atoms with Gasteiger partial charge in [-0.15, -0.1) is 0 Å². The maximum absolute atomic E-state index is 13.4. The van der Waals surface area contributed by atoms with Gasteiger partial charge in [-0.2, -0.15) is 0 Å². The van der Waals surface area contributed by atoms with E-state index in [0.29, 0.717) is 6.42 Å². The van der Waals surface area contributed by atoms with E-state index in [1.54, 1.807) is 13.8 Å². The van der Waals surface area contributed by atoms with Crippen LogP contribution in [-0.2, 0) is 32.9 Å². The Morgan fingerprint density at radius 1 is 1.13 bits per heavy atom. The van der Waals surface area contributed by atoms with Crippen molar-refractivity contribution in [3.8, 4) is 0 Å². The lowest BCUT2D eigenvalue weighted by Crippen LogP contribution is -2.46. The average molecular weight is 476 g/mol. The number of fused-ring (bicyclic) bond motifs is 1. The molecule has 0 radical (unpaired) electrons. The van der Waals surface area contributed by atoms with Gasteiger partial charge in [-0.3, -0.25) is 14.4 Å². The molecule has 2 fully saturated rings. The van der Waals surface area contributed by atoms with Gasteiger partial charge in [-0.05, 0) is 32.6 Å². The van der Waals surface area contributed by atoms with Crippen molar-refractivity contribution in [2.24, 2.45) is 17.3 Å².